The second-order valence-corrected chi connectivity index (χ2v) is 4.54. The van der Waals surface area contributed by atoms with Gasteiger partial charge in [0.2, 0.25) is 0 Å². The highest BCUT2D eigenvalue weighted by atomic mass is 79.9. The average Bonchev–Trinajstić information content (AvgIpc) is 2.34. The molecule has 0 saturated carbocycles. The van der Waals surface area contributed by atoms with Gasteiger partial charge in [-0.3, -0.25) is 4.79 Å². The molecule has 19 heavy (non-hydrogen) atoms. The molecule has 0 saturated heterocycles. The number of benzene rings is 2. The zero-order valence-corrected chi connectivity index (χ0v) is 11.1. The summed E-state index contributed by atoms with van der Waals surface area (Å²) in [7, 11) is 0. The summed E-state index contributed by atoms with van der Waals surface area (Å²) in [5.41, 5.74) is 5.06. The Bertz CT molecular complexity index is 647. The Morgan fingerprint density at radius 2 is 1.63 bits per heavy atom. The Labute approximate surface area is 116 Å². The third kappa shape index (κ3) is 3.08. The van der Waals surface area contributed by atoms with Gasteiger partial charge >= 0.3 is 0 Å². The fraction of sp³-hybridized carbons (Fsp3) is 0. The Hall–Kier alpha value is -1.95. The second-order valence-electron chi connectivity index (χ2n) is 3.68. The van der Waals surface area contributed by atoms with E-state index in [1.807, 2.05) is 0 Å². The molecule has 0 aliphatic heterocycles. The number of rotatable bonds is 3. The lowest BCUT2D eigenvalue weighted by molar-refractivity contribution is 0.0997. The van der Waals surface area contributed by atoms with Crippen LogP contribution >= 0.6 is 15.9 Å². The molecule has 0 radical (unpaired) electrons. The molecule has 3 nitrogen and oxygen atoms in total. The number of amides is 1. The van der Waals surface area contributed by atoms with Crippen molar-refractivity contribution >= 4 is 21.8 Å². The van der Waals surface area contributed by atoms with Gasteiger partial charge in [-0.15, -0.1) is 0 Å². The lowest BCUT2D eigenvalue weighted by Gasteiger charge is -2.10. The summed E-state index contributed by atoms with van der Waals surface area (Å²) in [6.45, 7) is 0. The Morgan fingerprint density at radius 1 is 1.05 bits per heavy atom. The molecule has 2 N–H and O–H groups in total. The van der Waals surface area contributed by atoms with Gasteiger partial charge in [0.25, 0.3) is 5.91 Å². The van der Waals surface area contributed by atoms with Crippen LogP contribution in [0.25, 0.3) is 0 Å². The van der Waals surface area contributed by atoms with Crippen LogP contribution < -0.4 is 10.5 Å². The highest BCUT2D eigenvalue weighted by Crippen LogP contribution is 2.32. The van der Waals surface area contributed by atoms with Crippen LogP contribution in [0.1, 0.15) is 10.4 Å². The molecular formula is C13H8BrF2NO2. The van der Waals surface area contributed by atoms with Gasteiger partial charge in [-0.05, 0) is 52.3 Å². The van der Waals surface area contributed by atoms with Crippen LogP contribution in [0.4, 0.5) is 8.78 Å². The number of nitrogens with two attached hydrogens (primary N) is 1. The van der Waals surface area contributed by atoms with Crippen LogP contribution in [0.5, 0.6) is 11.5 Å². The fourth-order valence-electron chi connectivity index (χ4n) is 1.46. The third-order valence-corrected chi connectivity index (χ3v) is 2.94. The van der Waals surface area contributed by atoms with Crippen LogP contribution in [0, 0.1) is 11.6 Å². The zero-order chi connectivity index (χ0) is 14.0. The predicted molar refractivity (Wildman–Crippen MR) is 69.1 cm³/mol. The minimum atomic E-state index is -0.812. The Morgan fingerprint density at radius 3 is 2.21 bits per heavy atom. The van der Waals surface area contributed by atoms with Crippen LogP contribution in [0.15, 0.2) is 40.9 Å². The van der Waals surface area contributed by atoms with Crippen LogP contribution in [0.2, 0.25) is 0 Å². The van der Waals surface area contributed by atoms with Crippen molar-refractivity contribution in [2.45, 2.75) is 0 Å². The van der Waals surface area contributed by atoms with Crippen molar-refractivity contribution in [2.75, 3.05) is 0 Å². The van der Waals surface area contributed by atoms with Crippen molar-refractivity contribution < 1.29 is 18.3 Å². The standard InChI is InChI=1S/C13H8BrF2NO2/c14-10-6-8(16)2-4-12(10)19-11-3-1-7(15)5-9(11)13(17)18/h1-6H,(H2,17,18). The minimum absolute atomic E-state index is 0.0868. The largest absolute Gasteiger partial charge is 0.455 e. The van der Waals surface area contributed by atoms with Crippen LogP contribution in [0.3, 0.4) is 0 Å². The molecule has 1 amide bonds. The maximum Gasteiger partial charge on any atom is 0.252 e. The van der Waals surface area contributed by atoms with Gasteiger partial charge in [-0.1, -0.05) is 0 Å². The van der Waals surface area contributed by atoms with E-state index in [-0.39, 0.29) is 17.1 Å². The molecule has 0 spiro atoms. The fourth-order valence-corrected chi connectivity index (χ4v) is 1.89. The van der Waals surface area contributed by atoms with Crippen LogP contribution in [-0.4, -0.2) is 5.91 Å². The summed E-state index contributed by atoms with van der Waals surface area (Å²) in [5.74, 6) is -1.46. The van der Waals surface area contributed by atoms with E-state index in [9.17, 15) is 13.6 Å². The molecule has 0 bridgehead atoms. The number of primary amides is 1. The minimum Gasteiger partial charge on any atom is -0.455 e. The van der Waals surface area contributed by atoms with Crippen LogP contribution in [-0.2, 0) is 0 Å². The highest BCUT2D eigenvalue weighted by Gasteiger charge is 2.13. The Kier molecular flexibility index (Phi) is 3.80. The third-order valence-electron chi connectivity index (χ3n) is 2.32. The smallest absolute Gasteiger partial charge is 0.252 e. The van der Waals surface area contributed by atoms with Crippen molar-refractivity contribution in [1.29, 1.82) is 0 Å². The number of hydrogen-bond donors (Lipinski definition) is 1. The molecule has 0 atom stereocenters. The number of ether oxygens (including phenoxy) is 1. The van der Waals surface area contributed by atoms with Gasteiger partial charge in [0.1, 0.15) is 23.1 Å². The number of carbonyl (C=O) groups excluding carboxylic acids is 1. The molecule has 98 valence electrons. The van der Waals surface area contributed by atoms with E-state index in [2.05, 4.69) is 15.9 Å². The molecule has 6 heteroatoms. The summed E-state index contributed by atoms with van der Waals surface area (Å²) >= 11 is 3.13. The van der Waals surface area contributed by atoms with Gasteiger partial charge in [0.05, 0.1) is 10.0 Å². The summed E-state index contributed by atoms with van der Waals surface area (Å²) in [6.07, 6.45) is 0. The van der Waals surface area contributed by atoms with Gasteiger partial charge in [-0.25, -0.2) is 8.78 Å². The first-order chi connectivity index (χ1) is 8.97. The van der Waals surface area contributed by atoms with E-state index in [1.165, 1.54) is 24.3 Å². The van der Waals surface area contributed by atoms with Gasteiger partial charge in [-0.2, -0.15) is 0 Å². The van der Waals surface area contributed by atoms with Gasteiger partial charge in [0, 0.05) is 0 Å². The number of halogens is 3. The molecule has 0 aromatic heterocycles. The SMILES string of the molecule is NC(=O)c1cc(F)ccc1Oc1ccc(F)cc1Br. The highest BCUT2D eigenvalue weighted by molar-refractivity contribution is 9.10. The maximum atomic E-state index is 13.1. The second kappa shape index (κ2) is 5.36. The first kappa shape index (κ1) is 13.5. The molecule has 0 fully saturated rings. The van der Waals surface area contributed by atoms with Crippen molar-refractivity contribution in [3.63, 3.8) is 0 Å². The van der Waals surface area contributed by atoms with E-state index >= 15 is 0 Å². The number of carbonyl (C=O) groups is 1. The summed E-state index contributed by atoms with van der Waals surface area (Å²) in [6, 6.07) is 7.20. The van der Waals surface area contributed by atoms with E-state index in [4.69, 9.17) is 10.5 Å². The van der Waals surface area contributed by atoms with Crippen molar-refractivity contribution in [3.05, 3.63) is 58.1 Å². The lowest BCUT2D eigenvalue weighted by atomic mass is 10.2. The molecule has 0 aliphatic carbocycles. The van der Waals surface area contributed by atoms with E-state index in [0.29, 0.717) is 4.47 Å². The van der Waals surface area contributed by atoms with Gasteiger partial charge in [0.15, 0.2) is 0 Å². The van der Waals surface area contributed by atoms with Crippen molar-refractivity contribution in [1.82, 2.24) is 0 Å². The molecule has 2 aromatic carbocycles. The molecule has 0 unspecified atom stereocenters. The monoisotopic (exact) mass is 327 g/mol. The van der Waals surface area contributed by atoms with E-state index in [0.717, 1.165) is 12.1 Å². The Balaban J connectivity index is 2.40. The molecule has 2 aromatic rings. The zero-order valence-electron chi connectivity index (χ0n) is 9.49. The quantitative estimate of drug-likeness (QED) is 0.936. The average molecular weight is 328 g/mol. The molecule has 2 rings (SSSR count). The summed E-state index contributed by atoms with van der Waals surface area (Å²) < 4.78 is 31.8. The normalized spacial score (nSPS) is 10.3. The molecular weight excluding hydrogens is 320 g/mol. The topological polar surface area (TPSA) is 52.3 Å². The van der Waals surface area contributed by atoms with E-state index < -0.39 is 17.5 Å². The maximum absolute atomic E-state index is 13.1. The first-order valence-electron chi connectivity index (χ1n) is 5.19. The first-order valence-corrected chi connectivity index (χ1v) is 5.99. The molecule has 0 aliphatic rings. The van der Waals surface area contributed by atoms with Crippen molar-refractivity contribution in [3.8, 4) is 11.5 Å². The molecule has 0 heterocycles. The predicted octanol–water partition coefficient (Wildman–Crippen LogP) is 3.62. The van der Waals surface area contributed by atoms with E-state index in [1.54, 1.807) is 0 Å². The van der Waals surface area contributed by atoms with Gasteiger partial charge < -0.3 is 10.5 Å². The lowest BCUT2D eigenvalue weighted by Crippen LogP contribution is -2.12. The summed E-state index contributed by atoms with van der Waals surface area (Å²) in [5, 5.41) is 0. The van der Waals surface area contributed by atoms with Crippen molar-refractivity contribution in [2.24, 2.45) is 5.73 Å². The number of hydrogen-bond acceptors (Lipinski definition) is 2. The summed E-state index contributed by atoms with van der Waals surface area (Å²) in [4.78, 5) is 11.2.